The van der Waals surface area contributed by atoms with Crippen molar-refractivity contribution in [1.82, 2.24) is 0 Å². The van der Waals surface area contributed by atoms with Gasteiger partial charge in [0, 0.05) is 0 Å². The number of nitrogens with zero attached hydrogens (tertiary/aromatic N) is 2. The van der Waals surface area contributed by atoms with Crippen LogP contribution in [-0.2, 0) is 9.59 Å². The molecule has 4 atom stereocenters. The van der Waals surface area contributed by atoms with Gasteiger partial charge in [0.1, 0.15) is 0 Å². The summed E-state index contributed by atoms with van der Waals surface area (Å²) in [6.45, 7) is 5.96. The van der Waals surface area contributed by atoms with Crippen molar-refractivity contribution in [2.75, 3.05) is 13.1 Å². The summed E-state index contributed by atoms with van der Waals surface area (Å²) in [7, 11) is 0. The SMILES string of the molecule is CCCCCCCCCC1C(CCCCC)CCC(CCCCCCCN=C=O)C1CCCCCCCN=C=O. The van der Waals surface area contributed by atoms with Crippen LogP contribution >= 0.6 is 0 Å². The molecule has 1 aliphatic carbocycles. The van der Waals surface area contributed by atoms with Crippen molar-refractivity contribution < 1.29 is 9.59 Å². The van der Waals surface area contributed by atoms with Crippen molar-refractivity contribution >= 4 is 12.2 Å². The van der Waals surface area contributed by atoms with Crippen LogP contribution in [0, 0.1) is 23.7 Å². The van der Waals surface area contributed by atoms with Crippen LogP contribution < -0.4 is 0 Å². The molecular formula is C36H66N2O2. The Hall–Kier alpha value is -1.24. The summed E-state index contributed by atoms with van der Waals surface area (Å²) < 4.78 is 0. The number of aliphatic imine (C=N–C) groups is 2. The van der Waals surface area contributed by atoms with Crippen molar-refractivity contribution in [1.29, 1.82) is 0 Å². The third kappa shape index (κ3) is 19.0. The second-order valence-electron chi connectivity index (χ2n) is 12.9. The lowest BCUT2D eigenvalue weighted by Gasteiger charge is -2.44. The minimum absolute atomic E-state index is 0.651. The van der Waals surface area contributed by atoms with Crippen molar-refractivity contribution in [3.05, 3.63) is 0 Å². The lowest BCUT2D eigenvalue weighted by molar-refractivity contribution is 0.0582. The predicted octanol–water partition coefficient (Wildman–Crippen LogP) is 11.3. The molecule has 232 valence electrons. The van der Waals surface area contributed by atoms with E-state index in [9.17, 15) is 9.59 Å². The fourth-order valence-corrected chi connectivity index (χ4v) is 7.49. The Balaban J connectivity index is 2.69. The summed E-state index contributed by atoms with van der Waals surface area (Å²) in [6, 6.07) is 0. The molecule has 4 nitrogen and oxygen atoms in total. The first-order valence-corrected chi connectivity index (χ1v) is 17.9. The Morgan fingerprint density at radius 2 is 0.775 bits per heavy atom. The van der Waals surface area contributed by atoms with Gasteiger partial charge in [-0.1, -0.05) is 142 Å². The van der Waals surface area contributed by atoms with Crippen molar-refractivity contribution in [2.24, 2.45) is 33.7 Å². The van der Waals surface area contributed by atoms with Gasteiger partial charge in [-0.2, -0.15) is 0 Å². The quantitative estimate of drug-likeness (QED) is 0.0544. The molecule has 4 heteroatoms. The fourth-order valence-electron chi connectivity index (χ4n) is 7.49. The first-order chi connectivity index (χ1) is 19.8. The van der Waals surface area contributed by atoms with E-state index in [1.807, 2.05) is 0 Å². The largest absolute Gasteiger partial charge is 0.234 e. The van der Waals surface area contributed by atoms with Gasteiger partial charge < -0.3 is 0 Å². The predicted molar refractivity (Wildman–Crippen MR) is 171 cm³/mol. The number of hydrogen-bond acceptors (Lipinski definition) is 4. The summed E-state index contributed by atoms with van der Waals surface area (Å²) in [6.07, 6.45) is 38.6. The smallest absolute Gasteiger partial charge is 0.211 e. The molecule has 40 heavy (non-hydrogen) atoms. The first-order valence-electron chi connectivity index (χ1n) is 17.9. The summed E-state index contributed by atoms with van der Waals surface area (Å²) >= 11 is 0. The molecule has 1 rings (SSSR count). The Bertz CT molecular complexity index is 653. The Morgan fingerprint density at radius 3 is 1.20 bits per heavy atom. The molecule has 0 heterocycles. The highest BCUT2D eigenvalue weighted by atomic mass is 16.1. The minimum atomic E-state index is 0.651. The van der Waals surface area contributed by atoms with Gasteiger partial charge in [-0.3, -0.25) is 0 Å². The van der Waals surface area contributed by atoms with E-state index < -0.39 is 0 Å². The number of carbonyl (C=O) groups excluding carboxylic acids is 2. The highest BCUT2D eigenvalue weighted by molar-refractivity contribution is 5.32. The summed E-state index contributed by atoms with van der Waals surface area (Å²) in [5.74, 6) is 3.78. The molecule has 1 aliphatic rings. The van der Waals surface area contributed by atoms with E-state index in [-0.39, 0.29) is 0 Å². The maximum Gasteiger partial charge on any atom is 0.234 e. The van der Waals surface area contributed by atoms with Gasteiger partial charge >= 0.3 is 0 Å². The van der Waals surface area contributed by atoms with E-state index in [0.717, 1.165) is 36.5 Å². The third-order valence-corrected chi connectivity index (χ3v) is 9.77. The van der Waals surface area contributed by atoms with Crippen molar-refractivity contribution in [3.63, 3.8) is 0 Å². The summed E-state index contributed by atoms with van der Waals surface area (Å²) in [5.41, 5.74) is 0. The first kappa shape index (κ1) is 36.8. The lowest BCUT2D eigenvalue weighted by Crippen LogP contribution is -2.35. The normalized spacial score (nSPS) is 20.6. The van der Waals surface area contributed by atoms with E-state index in [0.29, 0.717) is 13.1 Å². The summed E-state index contributed by atoms with van der Waals surface area (Å²) in [5, 5.41) is 0. The van der Waals surface area contributed by atoms with Gasteiger partial charge in [-0.15, -0.1) is 0 Å². The molecule has 0 aromatic rings. The molecule has 0 aromatic heterocycles. The van der Waals surface area contributed by atoms with E-state index >= 15 is 0 Å². The average Bonchev–Trinajstić information content (AvgIpc) is 2.96. The maximum absolute atomic E-state index is 10.3. The standard InChI is InChI=1S/C36H66N2O2/c1-3-5-7-8-9-13-19-25-35-33(23-17-6-4-2)27-28-34(24-18-12-10-15-21-29-37-31-39)36(35)26-20-14-11-16-22-30-38-32-40/h33-36H,3-30H2,1-2H3. The van der Waals surface area contributed by atoms with Gasteiger partial charge in [0.15, 0.2) is 0 Å². The molecular weight excluding hydrogens is 492 g/mol. The molecule has 0 bridgehead atoms. The minimum Gasteiger partial charge on any atom is -0.211 e. The van der Waals surface area contributed by atoms with Crippen LogP contribution in [0.15, 0.2) is 9.98 Å². The highest BCUT2D eigenvalue weighted by Crippen LogP contribution is 2.47. The summed E-state index contributed by atoms with van der Waals surface area (Å²) in [4.78, 5) is 28.0. The highest BCUT2D eigenvalue weighted by Gasteiger charge is 2.37. The molecule has 1 saturated carbocycles. The number of unbranched alkanes of at least 4 members (excludes halogenated alkanes) is 16. The molecule has 0 saturated heterocycles. The van der Waals surface area contributed by atoms with Gasteiger partial charge in [0.2, 0.25) is 12.2 Å². The topological polar surface area (TPSA) is 58.9 Å². The second-order valence-corrected chi connectivity index (χ2v) is 12.9. The fraction of sp³-hybridized carbons (Fsp3) is 0.944. The Labute approximate surface area is 249 Å². The second kappa shape index (κ2) is 27.9. The molecule has 0 amide bonds. The molecule has 1 fully saturated rings. The van der Waals surface area contributed by atoms with Crippen LogP contribution in [-0.4, -0.2) is 25.2 Å². The van der Waals surface area contributed by atoms with E-state index in [1.54, 1.807) is 12.2 Å². The number of isocyanates is 2. The van der Waals surface area contributed by atoms with E-state index in [1.165, 1.54) is 154 Å². The van der Waals surface area contributed by atoms with Crippen LogP contribution in [0.5, 0.6) is 0 Å². The van der Waals surface area contributed by atoms with E-state index in [4.69, 9.17) is 0 Å². The lowest BCUT2D eigenvalue weighted by atomic mass is 9.61. The number of hydrogen-bond donors (Lipinski definition) is 0. The zero-order chi connectivity index (χ0) is 28.9. The Kier molecular flexibility index (Phi) is 25.7. The zero-order valence-corrected chi connectivity index (χ0v) is 26.8. The average molecular weight is 559 g/mol. The van der Waals surface area contributed by atoms with Crippen LogP contribution in [0.3, 0.4) is 0 Å². The van der Waals surface area contributed by atoms with Gasteiger partial charge in [0.05, 0.1) is 13.1 Å². The van der Waals surface area contributed by atoms with E-state index in [2.05, 4.69) is 23.8 Å². The van der Waals surface area contributed by atoms with Crippen LogP contribution in [0.1, 0.15) is 181 Å². The van der Waals surface area contributed by atoms with Gasteiger partial charge in [-0.25, -0.2) is 19.6 Å². The monoisotopic (exact) mass is 559 g/mol. The molecule has 0 N–H and O–H groups in total. The number of rotatable bonds is 28. The Morgan fingerprint density at radius 1 is 0.450 bits per heavy atom. The van der Waals surface area contributed by atoms with Crippen molar-refractivity contribution in [3.8, 4) is 0 Å². The maximum atomic E-state index is 10.3. The molecule has 0 aliphatic heterocycles. The molecule has 0 aromatic carbocycles. The molecule has 4 unspecified atom stereocenters. The van der Waals surface area contributed by atoms with Gasteiger partial charge in [-0.05, 0) is 62.2 Å². The molecule has 0 spiro atoms. The van der Waals surface area contributed by atoms with Crippen molar-refractivity contribution in [2.45, 2.75) is 181 Å². The zero-order valence-electron chi connectivity index (χ0n) is 26.8. The van der Waals surface area contributed by atoms with Crippen LogP contribution in [0.4, 0.5) is 0 Å². The van der Waals surface area contributed by atoms with Crippen LogP contribution in [0.2, 0.25) is 0 Å². The van der Waals surface area contributed by atoms with Crippen LogP contribution in [0.25, 0.3) is 0 Å². The third-order valence-electron chi connectivity index (χ3n) is 9.77. The molecule has 0 radical (unpaired) electrons. The van der Waals surface area contributed by atoms with Gasteiger partial charge in [0.25, 0.3) is 0 Å².